The van der Waals surface area contributed by atoms with Gasteiger partial charge in [0.15, 0.2) is 0 Å². The fourth-order valence-corrected chi connectivity index (χ4v) is 4.18. The van der Waals surface area contributed by atoms with Gasteiger partial charge >= 0.3 is 0 Å². The first-order valence-electron chi connectivity index (χ1n) is 8.33. The van der Waals surface area contributed by atoms with Gasteiger partial charge in [0.05, 0.1) is 0 Å². The maximum absolute atomic E-state index is 2.80. The number of likely N-dealkylation sites (tertiary alicyclic amines) is 1. The molecule has 0 spiro atoms. The van der Waals surface area contributed by atoms with E-state index in [1.807, 2.05) is 0 Å². The molecular weight excluding hydrogens is 234 g/mol. The van der Waals surface area contributed by atoms with E-state index in [1.165, 1.54) is 65.0 Å². The van der Waals surface area contributed by atoms with E-state index in [0.717, 1.165) is 12.1 Å². The lowest BCUT2D eigenvalue weighted by atomic mass is 9.94. The average Bonchev–Trinajstić information content (AvgIpc) is 3.22. The molecule has 2 heterocycles. The lowest BCUT2D eigenvalue weighted by molar-refractivity contribution is -0.0182. The molecule has 2 aliphatic heterocycles. The summed E-state index contributed by atoms with van der Waals surface area (Å²) in [5, 5.41) is 0. The highest BCUT2D eigenvalue weighted by atomic mass is 15.3. The zero-order chi connectivity index (χ0) is 13.5. The molecule has 0 radical (unpaired) electrons. The molecule has 0 aromatic heterocycles. The Kier molecular flexibility index (Phi) is 3.89. The van der Waals surface area contributed by atoms with Gasteiger partial charge in [-0.05, 0) is 59.2 Å². The van der Waals surface area contributed by atoms with Crippen LogP contribution in [0.1, 0.15) is 46.5 Å². The van der Waals surface area contributed by atoms with Gasteiger partial charge in [0.1, 0.15) is 0 Å². The van der Waals surface area contributed by atoms with E-state index < -0.39 is 0 Å². The first-order chi connectivity index (χ1) is 9.10. The summed E-state index contributed by atoms with van der Waals surface area (Å²) in [5.74, 6) is 0. The highest BCUT2D eigenvalue weighted by Crippen LogP contribution is 2.36. The van der Waals surface area contributed by atoms with Gasteiger partial charge < -0.3 is 4.90 Å². The number of nitrogens with zero attached hydrogens (tertiary/aromatic N) is 3. The molecule has 110 valence electrons. The molecule has 2 saturated heterocycles. The Morgan fingerprint density at radius 1 is 0.895 bits per heavy atom. The SMILES string of the molecule is CCN1CCC(N2CCN(C3CC3)C(C)(C)C2)CC1. The molecular formula is C16H31N3. The minimum Gasteiger partial charge on any atom is -0.303 e. The van der Waals surface area contributed by atoms with Crippen molar-refractivity contribution in [1.29, 1.82) is 0 Å². The van der Waals surface area contributed by atoms with E-state index in [2.05, 4.69) is 35.5 Å². The Bertz CT molecular complexity index is 303. The van der Waals surface area contributed by atoms with E-state index in [1.54, 1.807) is 0 Å². The van der Waals surface area contributed by atoms with Crippen LogP contribution in [0.4, 0.5) is 0 Å². The molecule has 1 saturated carbocycles. The van der Waals surface area contributed by atoms with Crippen LogP contribution in [0.5, 0.6) is 0 Å². The Morgan fingerprint density at radius 2 is 1.58 bits per heavy atom. The van der Waals surface area contributed by atoms with Crippen molar-refractivity contribution in [2.75, 3.05) is 39.3 Å². The third kappa shape index (κ3) is 2.98. The molecule has 0 amide bonds. The molecule has 0 bridgehead atoms. The molecule has 1 aliphatic carbocycles. The summed E-state index contributed by atoms with van der Waals surface area (Å²) in [6.45, 7) is 14.9. The predicted octanol–water partition coefficient (Wildman–Crippen LogP) is 2.03. The number of hydrogen-bond acceptors (Lipinski definition) is 3. The van der Waals surface area contributed by atoms with E-state index in [0.29, 0.717) is 5.54 Å². The Morgan fingerprint density at radius 3 is 2.11 bits per heavy atom. The van der Waals surface area contributed by atoms with Gasteiger partial charge in [-0.2, -0.15) is 0 Å². The molecule has 3 aliphatic rings. The van der Waals surface area contributed by atoms with Crippen LogP contribution < -0.4 is 0 Å². The van der Waals surface area contributed by atoms with Crippen molar-refractivity contribution in [1.82, 2.24) is 14.7 Å². The first-order valence-corrected chi connectivity index (χ1v) is 8.33. The number of rotatable bonds is 3. The van der Waals surface area contributed by atoms with Crippen molar-refractivity contribution >= 4 is 0 Å². The minimum atomic E-state index is 0.390. The zero-order valence-corrected chi connectivity index (χ0v) is 13.1. The van der Waals surface area contributed by atoms with Gasteiger partial charge in [-0.3, -0.25) is 9.80 Å². The van der Waals surface area contributed by atoms with Gasteiger partial charge in [-0.1, -0.05) is 6.92 Å². The van der Waals surface area contributed by atoms with E-state index in [4.69, 9.17) is 0 Å². The molecule has 0 aromatic carbocycles. The highest BCUT2D eigenvalue weighted by molar-refractivity contribution is 4.99. The van der Waals surface area contributed by atoms with Crippen LogP contribution in [0.15, 0.2) is 0 Å². The number of piperazine rings is 1. The first kappa shape index (κ1) is 13.8. The second-order valence-electron chi connectivity index (χ2n) is 7.37. The maximum atomic E-state index is 2.80. The van der Waals surface area contributed by atoms with Crippen LogP contribution in [0.3, 0.4) is 0 Å². The van der Waals surface area contributed by atoms with Crippen LogP contribution in [0, 0.1) is 0 Å². The summed E-state index contributed by atoms with van der Waals surface area (Å²) >= 11 is 0. The fourth-order valence-electron chi connectivity index (χ4n) is 4.18. The second-order valence-corrected chi connectivity index (χ2v) is 7.37. The van der Waals surface area contributed by atoms with Gasteiger partial charge in [-0.25, -0.2) is 0 Å². The number of hydrogen-bond donors (Lipinski definition) is 0. The van der Waals surface area contributed by atoms with Crippen LogP contribution in [0.2, 0.25) is 0 Å². The summed E-state index contributed by atoms with van der Waals surface area (Å²) < 4.78 is 0. The van der Waals surface area contributed by atoms with Crippen LogP contribution in [-0.4, -0.2) is 71.6 Å². The lowest BCUT2D eigenvalue weighted by Crippen LogP contribution is -2.62. The third-order valence-corrected chi connectivity index (χ3v) is 5.50. The smallest absolute Gasteiger partial charge is 0.0283 e. The minimum absolute atomic E-state index is 0.390. The topological polar surface area (TPSA) is 9.72 Å². The molecule has 3 fully saturated rings. The Hall–Kier alpha value is -0.120. The van der Waals surface area contributed by atoms with Gasteiger partial charge in [0, 0.05) is 37.3 Å². The summed E-state index contributed by atoms with van der Waals surface area (Å²) in [6.07, 6.45) is 5.65. The standard InChI is InChI=1S/C16H31N3/c1-4-17-9-7-14(8-10-17)18-11-12-19(15-5-6-15)16(2,3)13-18/h14-15H,4-13H2,1-3H3. The third-order valence-electron chi connectivity index (χ3n) is 5.50. The van der Waals surface area contributed by atoms with Gasteiger partial charge in [-0.15, -0.1) is 0 Å². The molecule has 0 N–H and O–H groups in total. The lowest BCUT2D eigenvalue weighted by Gasteiger charge is -2.51. The normalized spacial score (nSPS) is 31.7. The Labute approximate surface area is 118 Å². The summed E-state index contributed by atoms with van der Waals surface area (Å²) in [5.41, 5.74) is 0.390. The highest BCUT2D eigenvalue weighted by Gasteiger charge is 2.43. The molecule has 0 aromatic rings. The van der Waals surface area contributed by atoms with Crippen molar-refractivity contribution in [3.63, 3.8) is 0 Å². The molecule has 3 rings (SSSR count). The van der Waals surface area contributed by atoms with E-state index in [-0.39, 0.29) is 0 Å². The summed E-state index contributed by atoms with van der Waals surface area (Å²) in [7, 11) is 0. The largest absolute Gasteiger partial charge is 0.303 e. The van der Waals surface area contributed by atoms with Crippen LogP contribution >= 0.6 is 0 Å². The molecule has 0 unspecified atom stereocenters. The maximum Gasteiger partial charge on any atom is 0.0283 e. The summed E-state index contributed by atoms with van der Waals surface area (Å²) in [4.78, 5) is 8.18. The molecule has 0 atom stereocenters. The van der Waals surface area contributed by atoms with Crippen LogP contribution in [0.25, 0.3) is 0 Å². The fraction of sp³-hybridized carbons (Fsp3) is 1.00. The van der Waals surface area contributed by atoms with E-state index in [9.17, 15) is 0 Å². The van der Waals surface area contributed by atoms with Crippen molar-refractivity contribution < 1.29 is 0 Å². The molecule has 19 heavy (non-hydrogen) atoms. The second kappa shape index (κ2) is 5.34. The summed E-state index contributed by atoms with van der Waals surface area (Å²) in [6, 6.07) is 1.77. The van der Waals surface area contributed by atoms with Crippen molar-refractivity contribution in [2.45, 2.75) is 64.1 Å². The van der Waals surface area contributed by atoms with Gasteiger partial charge in [0.2, 0.25) is 0 Å². The number of piperidine rings is 1. The zero-order valence-electron chi connectivity index (χ0n) is 13.1. The van der Waals surface area contributed by atoms with Crippen molar-refractivity contribution in [2.24, 2.45) is 0 Å². The van der Waals surface area contributed by atoms with Crippen LogP contribution in [-0.2, 0) is 0 Å². The monoisotopic (exact) mass is 265 g/mol. The quantitative estimate of drug-likeness (QED) is 0.773. The Balaban J connectivity index is 1.55. The van der Waals surface area contributed by atoms with Crippen molar-refractivity contribution in [3.8, 4) is 0 Å². The van der Waals surface area contributed by atoms with Gasteiger partial charge in [0.25, 0.3) is 0 Å². The molecule has 3 heteroatoms. The molecule has 3 nitrogen and oxygen atoms in total. The van der Waals surface area contributed by atoms with E-state index >= 15 is 0 Å². The average molecular weight is 265 g/mol. The van der Waals surface area contributed by atoms with Crippen molar-refractivity contribution in [3.05, 3.63) is 0 Å². The predicted molar refractivity (Wildman–Crippen MR) is 80.5 cm³/mol.